The minimum absolute atomic E-state index is 0.294. The fourth-order valence-corrected chi connectivity index (χ4v) is 1.82. The summed E-state index contributed by atoms with van der Waals surface area (Å²) in [6.45, 7) is 4.08. The maximum absolute atomic E-state index is 11.6. The molecule has 1 amide bonds. The second-order valence-electron chi connectivity index (χ2n) is 5.09. The fourth-order valence-electron chi connectivity index (χ4n) is 1.82. The summed E-state index contributed by atoms with van der Waals surface area (Å²) in [4.78, 5) is 11.6. The summed E-state index contributed by atoms with van der Waals surface area (Å²) in [6.07, 6.45) is 0. The molecule has 0 saturated heterocycles. The molecule has 106 valence electrons. The molecule has 0 aromatic heterocycles. The molecule has 1 aromatic carbocycles. The molecule has 0 aliphatic carbocycles. The maximum Gasteiger partial charge on any atom is 0.239 e. The van der Waals surface area contributed by atoms with Crippen LogP contribution in [0.4, 0.5) is 0 Å². The van der Waals surface area contributed by atoms with Gasteiger partial charge in [0.15, 0.2) is 0 Å². The van der Waals surface area contributed by atoms with Crippen molar-refractivity contribution in [2.24, 2.45) is 5.73 Å². The molecule has 1 aromatic rings. The highest BCUT2D eigenvalue weighted by Crippen LogP contribution is 2.30. The molecule has 0 bridgehead atoms. The number of amides is 1. The molecular weight excluding hydrogens is 244 g/mol. The molecule has 0 heterocycles. The maximum atomic E-state index is 11.6. The van der Waals surface area contributed by atoms with E-state index in [1.165, 1.54) is 0 Å². The highest BCUT2D eigenvalue weighted by Gasteiger charge is 2.25. The van der Waals surface area contributed by atoms with Gasteiger partial charge in [0.1, 0.15) is 11.8 Å². The van der Waals surface area contributed by atoms with Crippen LogP contribution in [0.3, 0.4) is 0 Å². The largest absolute Gasteiger partial charge is 0.496 e. The average molecular weight is 266 g/mol. The highest BCUT2D eigenvalue weighted by molar-refractivity contribution is 5.81. The summed E-state index contributed by atoms with van der Waals surface area (Å²) in [7, 11) is 1.62. The van der Waals surface area contributed by atoms with E-state index in [9.17, 15) is 4.79 Å². The number of para-hydroxylation sites is 1. The summed E-state index contributed by atoms with van der Waals surface area (Å²) in [5.41, 5.74) is 6.17. The smallest absolute Gasteiger partial charge is 0.239 e. The molecule has 5 nitrogen and oxygen atoms in total. The third kappa shape index (κ3) is 3.94. The quantitative estimate of drug-likeness (QED) is 0.696. The topological polar surface area (TPSA) is 84.6 Å². The summed E-state index contributed by atoms with van der Waals surface area (Å²) in [5, 5.41) is 11.6. The third-order valence-corrected chi connectivity index (χ3v) is 3.07. The molecule has 0 aliphatic heterocycles. The summed E-state index contributed by atoms with van der Waals surface area (Å²) in [5.74, 6) is 0.429. The summed E-state index contributed by atoms with van der Waals surface area (Å²) < 4.78 is 5.33. The van der Waals surface area contributed by atoms with E-state index in [4.69, 9.17) is 15.6 Å². The lowest BCUT2D eigenvalue weighted by molar-refractivity contribution is -0.123. The molecule has 0 radical (unpaired) electrons. The number of methoxy groups -OCH3 is 1. The molecule has 19 heavy (non-hydrogen) atoms. The number of nitrogens with two attached hydrogens (primary N) is 1. The number of rotatable bonds is 6. The minimum Gasteiger partial charge on any atom is -0.496 e. The standard InChI is InChI=1S/C14H22N2O3/c1-14(2,9-16-13(18)11(15)8-17)10-6-4-5-7-12(10)19-3/h4-7,11,17H,8-9,15H2,1-3H3,(H,16,18). The van der Waals surface area contributed by atoms with E-state index in [0.717, 1.165) is 11.3 Å². The number of aliphatic hydroxyl groups excluding tert-OH is 1. The average Bonchev–Trinajstić information content (AvgIpc) is 2.43. The Hall–Kier alpha value is -1.59. The van der Waals surface area contributed by atoms with Gasteiger partial charge in [-0.2, -0.15) is 0 Å². The predicted octanol–water partition coefficient (Wildman–Crippen LogP) is 0.409. The van der Waals surface area contributed by atoms with E-state index in [2.05, 4.69) is 5.32 Å². The van der Waals surface area contributed by atoms with E-state index in [1.807, 2.05) is 38.1 Å². The van der Waals surface area contributed by atoms with E-state index in [1.54, 1.807) is 7.11 Å². The van der Waals surface area contributed by atoms with E-state index < -0.39 is 6.04 Å². The van der Waals surface area contributed by atoms with Gasteiger partial charge < -0.3 is 20.9 Å². The van der Waals surface area contributed by atoms with E-state index >= 15 is 0 Å². The van der Waals surface area contributed by atoms with Gasteiger partial charge in [0.2, 0.25) is 5.91 Å². The number of carbonyl (C=O) groups excluding carboxylic acids is 1. The first kappa shape index (κ1) is 15.5. The van der Waals surface area contributed by atoms with Crippen molar-refractivity contribution in [1.29, 1.82) is 0 Å². The van der Waals surface area contributed by atoms with Crippen molar-refractivity contribution in [3.8, 4) is 5.75 Å². The Balaban J connectivity index is 2.78. The van der Waals surface area contributed by atoms with Gasteiger partial charge in [0.05, 0.1) is 13.7 Å². The van der Waals surface area contributed by atoms with E-state index in [0.29, 0.717) is 6.54 Å². The Kier molecular flexibility index (Phi) is 5.32. The van der Waals surface area contributed by atoms with Gasteiger partial charge in [-0.1, -0.05) is 32.0 Å². The normalized spacial score (nSPS) is 12.9. The van der Waals surface area contributed by atoms with Gasteiger partial charge in [0, 0.05) is 17.5 Å². The van der Waals surface area contributed by atoms with Crippen molar-refractivity contribution >= 4 is 5.91 Å². The molecule has 0 spiro atoms. The van der Waals surface area contributed by atoms with Crippen LogP contribution in [-0.4, -0.2) is 37.3 Å². The fraction of sp³-hybridized carbons (Fsp3) is 0.500. The zero-order valence-electron chi connectivity index (χ0n) is 11.6. The summed E-state index contributed by atoms with van der Waals surface area (Å²) in [6, 6.07) is 6.81. The van der Waals surface area contributed by atoms with Crippen molar-refractivity contribution in [2.45, 2.75) is 25.3 Å². The Morgan fingerprint density at radius 2 is 2.11 bits per heavy atom. The molecule has 5 heteroatoms. The van der Waals surface area contributed by atoms with Gasteiger partial charge in [0.25, 0.3) is 0 Å². The predicted molar refractivity (Wildman–Crippen MR) is 74.1 cm³/mol. The monoisotopic (exact) mass is 266 g/mol. The van der Waals surface area contributed by atoms with Crippen LogP contribution in [-0.2, 0) is 10.2 Å². The first-order chi connectivity index (χ1) is 8.92. The van der Waals surface area contributed by atoms with Crippen molar-refractivity contribution in [2.75, 3.05) is 20.3 Å². The van der Waals surface area contributed by atoms with Crippen molar-refractivity contribution in [1.82, 2.24) is 5.32 Å². The SMILES string of the molecule is COc1ccccc1C(C)(C)CNC(=O)C(N)CO. The van der Waals surface area contributed by atoms with Gasteiger partial charge in [-0.05, 0) is 6.07 Å². The molecule has 1 atom stereocenters. The zero-order chi connectivity index (χ0) is 14.5. The Morgan fingerprint density at radius 1 is 1.47 bits per heavy atom. The van der Waals surface area contributed by atoms with Crippen molar-refractivity contribution < 1.29 is 14.6 Å². The number of benzene rings is 1. The molecule has 4 N–H and O–H groups in total. The van der Waals surface area contributed by atoms with Crippen LogP contribution in [0.5, 0.6) is 5.75 Å². The van der Waals surface area contributed by atoms with Crippen LogP contribution in [0.2, 0.25) is 0 Å². The molecule has 1 rings (SSSR count). The number of aliphatic hydroxyl groups is 1. The highest BCUT2D eigenvalue weighted by atomic mass is 16.5. The van der Waals surface area contributed by atoms with Crippen molar-refractivity contribution in [3.63, 3.8) is 0 Å². The molecular formula is C14H22N2O3. The van der Waals surface area contributed by atoms with Crippen LogP contribution >= 0.6 is 0 Å². The lowest BCUT2D eigenvalue weighted by Gasteiger charge is -2.27. The second-order valence-corrected chi connectivity index (χ2v) is 5.09. The van der Waals surface area contributed by atoms with Crippen LogP contribution in [0, 0.1) is 0 Å². The first-order valence-electron chi connectivity index (χ1n) is 6.20. The number of hydrogen-bond donors (Lipinski definition) is 3. The Labute approximate surface area is 113 Å². The van der Waals surface area contributed by atoms with Crippen LogP contribution < -0.4 is 15.8 Å². The molecule has 0 fully saturated rings. The van der Waals surface area contributed by atoms with Crippen molar-refractivity contribution in [3.05, 3.63) is 29.8 Å². The minimum atomic E-state index is -0.881. The third-order valence-electron chi connectivity index (χ3n) is 3.07. The van der Waals surface area contributed by atoms with Gasteiger partial charge in [-0.25, -0.2) is 0 Å². The second kappa shape index (κ2) is 6.54. The number of nitrogens with one attached hydrogen (secondary N) is 1. The first-order valence-corrected chi connectivity index (χ1v) is 6.20. The van der Waals surface area contributed by atoms with Crippen LogP contribution in [0.25, 0.3) is 0 Å². The molecule has 1 unspecified atom stereocenters. The van der Waals surface area contributed by atoms with Gasteiger partial charge in [-0.3, -0.25) is 4.79 Å². The lowest BCUT2D eigenvalue weighted by atomic mass is 9.84. The molecule has 0 saturated carbocycles. The number of ether oxygens (including phenoxy) is 1. The van der Waals surface area contributed by atoms with Crippen LogP contribution in [0.15, 0.2) is 24.3 Å². The van der Waals surface area contributed by atoms with Gasteiger partial charge >= 0.3 is 0 Å². The Bertz CT molecular complexity index is 432. The number of hydrogen-bond acceptors (Lipinski definition) is 4. The molecule has 0 aliphatic rings. The van der Waals surface area contributed by atoms with E-state index in [-0.39, 0.29) is 17.9 Å². The Morgan fingerprint density at radius 3 is 2.68 bits per heavy atom. The van der Waals surface area contributed by atoms with Crippen LogP contribution in [0.1, 0.15) is 19.4 Å². The number of carbonyl (C=O) groups is 1. The zero-order valence-corrected chi connectivity index (χ0v) is 11.6. The lowest BCUT2D eigenvalue weighted by Crippen LogP contribution is -2.46. The summed E-state index contributed by atoms with van der Waals surface area (Å²) >= 11 is 0. The van der Waals surface area contributed by atoms with Gasteiger partial charge in [-0.15, -0.1) is 0 Å².